The number of halogens is 2. The van der Waals surface area contributed by atoms with Gasteiger partial charge >= 0.3 is 6.09 Å². The maximum atomic E-state index is 12.1. The molecule has 5 nitrogen and oxygen atoms in total. The summed E-state index contributed by atoms with van der Waals surface area (Å²) >= 11 is 12.0. The third-order valence-electron chi connectivity index (χ3n) is 2.40. The molecule has 7 heteroatoms. The molecule has 0 aliphatic carbocycles. The summed E-state index contributed by atoms with van der Waals surface area (Å²) in [5.74, 6) is 0. The van der Waals surface area contributed by atoms with Crippen LogP contribution in [0.1, 0.15) is 26.3 Å². The molecule has 0 spiro atoms. The third kappa shape index (κ3) is 6.23. The fourth-order valence-corrected chi connectivity index (χ4v) is 1.91. The van der Waals surface area contributed by atoms with Gasteiger partial charge in [-0.2, -0.15) is 0 Å². The minimum absolute atomic E-state index is 0.0915. The molecule has 0 aromatic heterocycles. The van der Waals surface area contributed by atoms with Crippen molar-refractivity contribution in [1.82, 2.24) is 4.90 Å². The van der Waals surface area contributed by atoms with Crippen LogP contribution in [0.15, 0.2) is 23.4 Å². The van der Waals surface area contributed by atoms with Crippen LogP contribution in [-0.4, -0.2) is 34.6 Å². The minimum atomic E-state index is -0.621. The van der Waals surface area contributed by atoms with Gasteiger partial charge in [-0.25, -0.2) is 4.79 Å². The zero-order chi connectivity index (χ0) is 16.0. The number of hydrogen-bond donors (Lipinski definition) is 1. The molecular weight excluding hydrogens is 315 g/mol. The van der Waals surface area contributed by atoms with Crippen LogP contribution in [0.3, 0.4) is 0 Å². The lowest BCUT2D eigenvalue weighted by molar-refractivity contribution is 0.0265. The number of benzene rings is 1. The fraction of sp³-hybridized carbons (Fsp3) is 0.429. The number of ether oxygens (including phenoxy) is 1. The number of rotatable bonds is 4. The summed E-state index contributed by atoms with van der Waals surface area (Å²) in [4.78, 5) is 13.5. The van der Waals surface area contributed by atoms with Crippen molar-refractivity contribution in [2.75, 3.05) is 6.54 Å². The van der Waals surface area contributed by atoms with Gasteiger partial charge in [0.15, 0.2) is 0 Å². The highest BCUT2D eigenvalue weighted by Crippen LogP contribution is 2.22. The van der Waals surface area contributed by atoms with Crippen molar-refractivity contribution in [3.05, 3.63) is 33.8 Å². The molecule has 1 rings (SSSR count). The van der Waals surface area contributed by atoms with E-state index in [9.17, 15) is 4.79 Å². The number of oxime groups is 1. The maximum absolute atomic E-state index is 12.1. The van der Waals surface area contributed by atoms with Crippen LogP contribution in [-0.2, 0) is 11.3 Å². The molecule has 0 saturated carbocycles. The quantitative estimate of drug-likeness (QED) is 0.510. The number of nitrogens with zero attached hydrogens (tertiary/aromatic N) is 2. The number of carbonyl (C=O) groups is 1. The Labute approximate surface area is 134 Å². The largest absolute Gasteiger partial charge is 0.444 e. The average Bonchev–Trinajstić information content (AvgIpc) is 2.36. The first-order valence-electron chi connectivity index (χ1n) is 6.30. The molecule has 0 unspecified atom stereocenters. The van der Waals surface area contributed by atoms with Crippen LogP contribution < -0.4 is 0 Å². The van der Waals surface area contributed by atoms with Crippen molar-refractivity contribution in [1.29, 1.82) is 0 Å². The summed E-state index contributed by atoms with van der Waals surface area (Å²) < 4.78 is 5.31. The Morgan fingerprint density at radius 2 is 2.10 bits per heavy atom. The van der Waals surface area contributed by atoms with Crippen molar-refractivity contribution in [3.8, 4) is 0 Å². The van der Waals surface area contributed by atoms with Gasteiger partial charge in [-0.3, -0.25) is 4.90 Å². The van der Waals surface area contributed by atoms with Gasteiger partial charge < -0.3 is 9.94 Å². The zero-order valence-corrected chi connectivity index (χ0v) is 13.6. The molecule has 116 valence electrons. The molecule has 0 heterocycles. The first-order chi connectivity index (χ1) is 9.73. The molecule has 0 aliphatic rings. The summed E-state index contributed by atoms with van der Waals surface area (Å²) in [5.41, 5.74) is 0.0606. The summed E-state index contributed by atoms with van der Waals surface area (Å²) in [5, 5.41) is 12.5. The maximum Gasteiger partial charge on any atom is 0.410 e. The van der Waals surface area contributed by atoms with Crippen molar-refractivity contribution in [2.24, 2.45) is 5.16 Å². The van der Waals surface area contributed by atoms with E-state index in [1.165, 1.54) is 11.1 Å². The standard InChI is InChI=1S/C14H18Cl2N2O3/c1-14(2,3)21-13(19)18(7-6-17-20)9-10-8-11(15)4-5-12(10)16/h4-6,8,20H,7,9H2,1-3H3. The van der Waals surface area contributed by atoms with E-state index >= 15 is 0 Å². The van der Waals surface area contributed by atoms with Crippen LogP contribution in [0.5, 0.6) is 0 Å². The second-order valence-corrected chi connectivity index (χ2v) is 6.24. The second-order valence-electron chi connectivity index (χ2n) is 5.39. The Kier molecular flexibility index (Phi) is 6.30. The summed E-state index contributed by atoms with van der Waals surface area (Å²) in [6.07, 6.45) is 0.668. The van der Waals surface area contributed by atoms with E-state index in [-0.39, 0.29) is 13.1 Å². The molecule has 1 aromatic carbocycles. The van der Waals surface area contributed by atoms with Crippen molar-refractivity contribution >= 4 is 35.5 Å². The van der Waals surface area contributed by atoms with Gasteiger partial charge in [0.05, 0.1) is 19.3 Å². The normalized spacial score (nSPS) is 11.7. The second kappa shape index (κ2) is 7.52. The van der Waals surface area contributed by atoms with Crippen molar-refractivity contribution < 1.29 is 14.7 Å². The molecule has 0 bridgehead atoms. The average molecular weight is 333 g/mol. The van der Waals surface area contributed by atoms with E-state index in [4.69, 9.17) is 33.1 Å². The lowest BCUT2D eigenvalue weighted by Crippen LogP contribution is -2.37. The number of carbonyl (C=O) groups excluding carboxylic acids is 1. The molecule has 0 aliphatic heterocycles. The highest BCUT2D eigenvalue weighted by atomic mass is 35.5. The Hall–Kier alpha value is -1.46. The third-order valence-corrected chi connectivity index (χ3v) is 3.01. The van der Waals surface area contributed by atoms with Crippen LogP contribution in [0.25, 0.3) is 0 Å². The van der Waals surface area contributed by atoms with Gasteiger partial charge in [-0.05, 0) is 44.5 Å². The minimum Gasteiger partial charge on any atom is -0.444 e. The van der Waals surface area contributed by atoms with E-state index in [0.29, 0.717) is 15.6 Å². The Morgan fingerprint density at radius 3 is 2.67 bits per heavy atom. The van der Waals surface area contributed by atoms with Gasteiger partial charge in [0.2, 0.25) is 0 Å². The highest BCUT2D eigenvalue weighted by Gasteiger charge is 2.22. The fourth-order valence-electron chi connectivity index (χ4n) is 1.54. The monoisotopic (exact) mass is 332 g/mol. The van der Waals surface area contributed by atoms with Gasteiger partial charge in [0, 0.05) is 10.0 Å². The number of hydrogen-bond acceptors (Lipinski definition) is 4. The molecule has 1 N–H and O–H groups in total. The van der Waals surface area contributed by atoms with Crippen molar-refractivity contribution in [2.45, 2.75) is 32.9 Å². The van der Waals surface area contributed by atoms with Crippen LogP contribution in [0.4, 0.5) is 4.79 Å². The molecule has 1 aromatic rings. The molecular formula is C14H18Cl2N2O3. The van der Waals surface area contributed by atoms with Crippen LogP contribution in [0, 0.1) is 0 Å². The first-order valence-corrected chi connectivity index (χ1v) is 7.06. The van der Waals surface area contributed by atoms with Crippen molar-refractivity contribution in [3.63, 3.8) is 0 Å². The lowest BCUT2D eigenvalue weighted by atomic mass is 10.2. The van der Waals surface area contributed by atoms with Gasteiger partial charge in [-0.15, -0.1) is 5.16 Å². The topological polar surface area (TPSA) is 62.1 Å². The van der Waals surface area contributed by atoms with E-state index in [1.807, 2.05) is 0 Å². The predicted molar refractivity (Wildman–Crippen MR) is 83.4 cm³/mol. The Morgan fingerprint density at radius 1 is 1.43 bits per heavy atom. The van der Waals surface area contributed by atoms with E-state index < -0.39 is 11.7 Å². The molecule has 0 radical (unpaired) electrons. The first kappa shape index (κ1) is 17.6. The predicted octanol–water partition coefficient (Wildman–Crippen LogP) is 4.19. The summed E-state index contributed by atoms with van der Waals surface area (Å²) in [7, 11) is 0. The molecule has 1 amide bonds. The molecule has 0 fully saturated rings. The van der Waals surface area contributed by atoms with Gasteiger partial charge in [0.25, 0.3) is 0 Å². The van der Waals surface area contributed by atoms with Gasteiger partial charge in [-0.1, -0.05) is 23.2 Å². The molecule has 21 heavy (non-hydrogen) atoms. The Bertz CT molecular complexity index is 527. The van der Waals surface area contributed by atoms with Crippen LogP contribution >= 0.6 is 23.2 Å². The molecule has 0 saturated heterocycles. The van der Waals surface area contributed by atoms with E-state index in [0.717, 1.165) is 0 Å². The van der Waals surface area contributed by atoms with E-state index in [1.54, 1.807) is 39.0 Å². The van der Waals surface area contributed by atoms with Gasteiger partial charge in [0.1, 0.15) is 5.60 Å². The smallest absolute Gasteiger partial charge is 0.410 e. The zero-order valence-electron chi connectivity index (χ0n) is 12.1. The number of amides is 1. The summed E-state index contributed by atoms with van der Waals surface area (Å²) in [6.45, 7) is 5.61. The summed E-state index contributed by atoms with van der Waals surface area (Å²) in [6, 6.07) is 5.00. The van der Waals surface area contributed by atoms with E-state index in [2.05, 4.69) is 5.16 Å². The molecule has 0 atom stereocenters. The highest BCUT2D eigenvalue weighted by molar-refractivity contribution is 6.33. The Balaban J connectivity index is 2.92. The SMILES string of the molecule is CC(C)(C)OC(=O)N(CC=NO)Cc1cc(Cl)ccc1Cl. The van der Waals surface area contributed by atoms with Crippen LogP contribution in [0.2, 0.25) is 10.0 Å². The lowest BCUT2D eigenvalue weighted by Gasteiger charge is -2.26.